The molecule has 112 valence electrons. The molecule has 1 saturated carbocycles. The summed E-state index contributed by atoms with van der Waals surface area (Å²) in [6, 6.07) is 0.460. The third-order valence-electron chi connectivity index (χ3n) is 3.50. The highest BCUT2D eigenvalue weighted by atomic mass is 16.5. The van der Waals surface area contributed by atoms with Gasteiger partial charge in [0.25, 0.3) is 0 Å². The number of esters is 1. The summed E-state index contributed by atoms with van der Waals surface area (Å²) in [5.74, 6) is 0.0789. The third-order valence-corrected chi connectivity index (χ3v) is 3.50. The normalized spacial score (nSPS) is 23.6. The van der Waals surface area contributed by atoms with Crippen molar-refractivity contribution < 1.29 is 14.3 Å². The SMILES string of the molecule is CCOC(=O)C1CCCC(NCCCOC(C)C)C1. The van der Waals surface area contributed by atoms with Crippen molar-refractivity contribution in [2.45, 2.75) is 65.0 Å². The van der Waals surface area contributed by atoms with Gasteiger partial charge in [0, 0.05) is 12.6 Å². The van der Waals surface area contributed by atoms with Crippen molar-refractivity contribution >= 4 is 5.97 Å². The van der Waals surface area contributed by atoms with E-state index in [0.717, 1.165) is 38.8 Å². The van der Waals surface area contributed by atoms with E-state index in [0.29, 0.717) is 18.8 Å². The topological polar surface area (TPSA) is 47.6 Å². The second-order valence-electron chi connectivity index (χ2n) is 5.54. The van der Waals surface area contributed by atoms with E-state index in [1.54, 1.807) is 0 Å². The summed E-state index contributed by atoms with van der Waals surface area (Å²) in [5, 5.41) is 3.53. The molecule has 2 unspecified atom stereocenters. The number of carbonyl (C=O) groups is 1. The van der Waals surface area contributed by atoms with E-state index in [1.165, 1.54) is 6.42 Å². The Balaban J connectivity index is 2.14. The Kier molecular flexibility index (Phi) is 8.07. The molecule has 0 amide bonds. The molecule has 0 aromatic rings. The van der Waals surface area contributed by atoms with Gasteiger partial charge < -0.3 is 14.8 Å². The van der Waals surface area contributed by atoms with E-state index in [2.05, 4.69) is 19.2 Å². The fraction of sp³-hybridized carbons (Fsp3) is 0.933. The molecule has 1 aliphatic carbocycles. The average molecular weight is 271 g/mol. The number of ether oxygens (including phenoxy) is 2. The van der Waals surface area contributed by atoms with Gasteiger partial charge >= 0.3 is 5.97 Å². The van der Waals surface area contributed by atoms with Gasteiger partial charge in [0.1, 0.15) is 0 Å². The highest BCUT2D eigenvalue weighted by molar-refractivity contribution is 5.72. The smallest absolute Gasteiger partial charge is 0.308 e. The van der Waals surface area contributed by atoms with Crippen LogP contribution < -0.4 is 5.32 Å². The minimum Gasteiger partial charge on any atom is -0.466 e. The van der Waals surface area contributed by atoms with Crippen LogP contribution >= 0.6 is 0 Å². The lowest BCUT2D eigenvalue weighted by Crippen LogP contribution is -2.37. The third kappa shape index (κ3) is 6.92. The van der Waals surface area contributed by atoms with E-state index >= 15 is 0 Å². The van der Waals surface area contributed by atoms with Crippen LogP contribution in [0.15, 0.2) is 0 Å². The van der Waals surface area contributed by atoms with Crippen molar-refractivity contribution in [2.24, 2.45) is 5.92 Å². The number of rotatable bonds is 8. The van der Waals surface area contributed by atoms with Crippen LogP contribution in [-0.2, 0) is 14.3 Å². The first kappa shape index (κ1) is 16.4. The summed E-state index contributed by atoms with van der Waals surface area (Å²) in [5.41, 5.74) is 0. The highest BCUT2D eigenvalue weighted by Crippen LogP contribution is 2.25. The molecule has 0 spiro atoms. The van der Waals surface area contributed by atoms with Crippen LogP contribution in [-0.4, -0.2) is 37.9 Å². The van der Waals surface area contributed by atoms with Gasteiger partial charge in [0.05, 0.1) is 18.6 Å². The van der Waals surface area contributed by atoms with Crippen molar-refractivity contribution in [3.05, 3.63) is 0 Å². The summed E-state index contributed by atoms with van der Waals surface area (Å²) in [6.07, 6.45) is 5.52. The summed E-state index contributed by atoms with van der Waals surface area (Å²) in [7, 11) is 0. The lowest BCUT2D eigenvalue weighted by molar-refractivity contribution is -0.149. The van der Waals surface area contributed by atoms with Gasteiger partial charge in [-0.05, 0) is 53.0 Å². The first-order valence-electron chi connectivity index (χ1n) is 7.65. The van der Waals surface area contributed by atoms with Crippen LogP contribution in [0.4, 0.5) is 0 Å². The summed E-state index contributed by atoms with van der Waals surface area (Å²) >= 11 is 0. The second kappa shape index (κ2) is 9.32. The molecule has 0 heterocycles. The van der Waals surface area contributed by atoms with E-state index in [9.17, 15) is 4.79 Å². The molecule has 1 N–H and O–H groups in total. The minimum atomic E-state index is -0.0165. The van der Waals surface area contributed by atoms with Crippen LogP contribution in [0.1, 0.15) is 52.9 Å². The van der Waals surface area contributed by atoms with E-state index in [-0.39, 0.29) is 11.9 Å². The highest BCUT2D eigenvalue weighted by Gasteiger charge is 2.27. The van der Waals surface area contributed by atoms with Crippen molar-refractivity contribution in [3.63, 3.8) is 0 Å². The summed E-state index contributed by atoms with van der Waals surface area (Å²) in [6.45, 7) is 8.23. The Hall–Kier alpha value is -0.610. The summed E-state index contributed by atoms with van der Waals surface area (Å²) in [4.78, 5) is 11.7. The number of hydrogen-bond donors (Lipinski definition) is 1. The molecule has 0 aliphatic heterocycles. The molecule has 0 radical (unpaired) electrons. The molecular weight excluding hydrogens is 242 g/mol. The first-order chi connectivity index (χ1) is 9.13. The quantitative estimate of drug-likeness (QED) is 0.544. The number of hydrogen-bond acceptors (Lipinski definition) is 4. The standard InChI is InChI=1S/C15H29NO3/c1-4-18-15(17)13-7-5-8-14(11-13)16-9-6-10-19-12(2)3/h12-14,16H,4-11H2,1-3H3. The second-order valence-corrected chi connectivity index (χ2v) is 5.54. The molecule has 1 rings (SSSR count). The Labute approximate surface area is 117 Å². The molecule has 0 aromatic carbocycles. The van der Waals surface area contributed by atoms with Crippen LogP contribution in [0.5, 0.6) is 0 Å². The van der Waals surface area contributed by atoms with Crippen molar-refractivity contribution in [1.82, 2.24) is 5.32 Å². The monoisotopic (exact) mass is 271 g/mol. The number of nitrogens with one attached hydrogen (secondary N) is 1. The average Bonchev–Trinajstić information content (AvgIpc) is 2.38. The van der Waals surface area contributed by atoms with Crippen molar-refractivity contribution in [3.8, 4) is 0 Å². The van der Waals surface area contributed by atoms with Crippen LogP contribution in [0, 0.1) is 5.92 Å². The van der Waals surface area contributed by atoms with Gasteiger partial charge in [-0.25, -0.2) is 0 Å². The zero-order valence-corrected chi connectivity index (χ0v) is 12.6. The van der Waals surface area contributed by atoms with E-state index in [4.69, 9.17) is 9.47 Å². The first-order valence-corrected chi connectivity index (χ1v) is 7.65. The van der Waals surface area contributed by atoms with Gasteiger partial charge in [0.2, 0.25) is 0 Å². The maximum absolute atomic E-state index is 11.7. The van der Waals surface area contributed by atoms with Gasteiger partial charge in [-0.3, -0.25) is 4.79 Å². The maximum atomic E-state index is 11.7. The predicted octanol–water partition coefficient (Wildman–Crippen LogP) is 2.51. The molecule has 0 saturated heterocycles. The van der Waals surface area contributed by atoms with E-state index < -0.39 is 0 Å². The predicted molar refractivity (Wildman–Crippen MR) is 76.1 cm³/mol. The molecule has 1 fully saturated rings. The number of carbonyl (C=O) groups excluding carboxylic acids is 1. The van der Waals surface area contributed by atoms with Crippen LogP contribution in [0.3, 0.4) is 0 Å². The van der Waals surface area contributed by atoms with E-state index in [1.807, 2.05) is 6.92 Å². The Bertz CT molecular complexity index is 256. The zero-order valence-electron chi connectivity index (χ0n) is 12.6. The fourth-order valence-corrected chi connectivity index (χ4v) is 2.55. The Morgan fingerprint density at radius 3 is 2.84 bits per heavy atom. The fourth-order valence-electron chi connectivity index (χ4n) is 2.55. The molecule has 2 atom stereocenters. The van der Waals surface area contributed by atoms with Gasteiger partial charge in [-0.1, -0.05) is 6.42 Å². The van der Waals surface area contributed by atoms with Gasteiger partial charge in [0.15, 0.2) is 0 Å². The molecule has 1 aliphatic rings. The lowest BCUT2D eigenvalue weighted by Gasteiger charge is -2.28. The van der Waals surface area contributed by atoms with Crippen molar-refractivity contribution in [1.29, 1.82) is 0 Å². The van der Waals surface area contributed by atoms with Gasteiger partial charge in [-0.15, -0.1) is 0 Å². The molecule has 19 heavy (non-hydrogen) atoms. The Morgan fingerprint density at radius 1 is 1.37 bits per heavy atom. The Morgan fingerprint density at radius 2 is 2.16 bits per heavy atom. The van der Waals surface area contributed by atoms with Gasteiger partial charge in [-0.2, -0.15) is 0 Å². The maximum Gasteiger partial charge on any atom is 0.308 e. The minimum absolute atomic E-state index is 0.0165. The van der Waals surface area contributed by atoms with Crippen molar-refractivity contribution in [2.75, 3.05) is 19.8 Å². The van der Waals surface area contributed by atoms with Crippen LogP contribution in [0.2, 0.25) is 0 Å². The summed E-state index contributed by atoms with van der Waals surface area (Å²) < 4.78 is 10.6. The largest absolute Gasteiger partial charge is 0.466 e. The molecule has 0 bridgehead atoms. The molecule has 4 heteroatoms. The lowest BCUT2D eigenvalue weighted by atomic mass is 9.85. The molecule has 4 nitrogen and oxygen atoms in total. The van der Waals surface area contributed by atoms with Crippen LogP contribution in [0.25, 0.3) is 0 Å². The molecule has 0 aromatic heterocycles. The molecular formula is C15H29NO3. The zero-order chi connectivity index (χ0) is 14.1.